The molecule has 4 N–H and O–H groups in total. The molecule has 0 radical (unpaired) electrons. The van der Waals surface area contributed by atoms with E-state index >= 15 is 0 Å². The van der Waals surface area contributed by atoms with Crippen molar-refractivity contribution in [1.82, 2.24) is 0 Å². The Labute approximate surface area is 186 Å². The van der Waals surface area contributed by atoms with Crippen molar-refractivity contribution in [2.75, 3.05) is 0 Å². The van der Waals surface area contributed by atoms with Crippen LogP contribution in [0.4, 0.5) is 0 Å². The highest BCUT2D eigenvalue weighted by molar-refractivity contribution is 6.52. The van der Waals surface area contributed by atoms with Crippen molar-refractivity contribution in [3.63, 3.8) is 0 Å². The molecule has 0 spiro atoms. The molecule has 2 rings (SSSR count). The zero-order valence-corrected chi connectivity index (χ0v) is 17.9. The topological polar surface area (TPSA) is 103 Å². The Morgan fingerprint density at radius 3 is 1.28 bits per heavy atom. The van der Waals surface area contributed by atoms with E-state index in [1.54, 1.807) is 0 Å². The van der Waals surface area contributed by atoms with E-state index in [2.05, 4.69) is 0 Å². The van der Waals surface area contributed by atoms with Crippen molar-refractivity contribution >= 4 is 53.0 Å². The molecule has 156 valence electrons. The first-order chi connectivity index (χ1) is 13.3. The van der Waals surface area contributed by atoms with Crippen LogP contribution in [0.1, 0.15) is 11.1 Å². The molecule has 0 saturated heterocycles. The van der Waals surface area contributed by atoms with Gasteiger partial charge in [0.1, 0.15) is 0 Å². The maximum Gasteiger partial charge on any atom is 0.183 e. The molecule has 5 nitrogen and oxygen atoms in total. The molecule has 0 aliphatic heterocycles. The number of Topliss-reactive ketones (excluding diaryl/α,β-unsaturated/α-hetero) is 3. The zero-order chi connectivity index (χ0) is 20.7. The lowest BCUT2D eigenvalue weighted by Crippen LogP contribution is -2.48. The Morgan fingerprint density at radius 1 is 0.655 bits per heavy atom. The minimum atomic E-state index is -1.60. The number of halogens is 3. The van der Waals surface area contributed by atoms with Gasteiger partial charge in [0.25, 0.3) is 0 Å². The first kappa shape index (κ1) is 25.3. The zero-order valence-electron chi connectivity index (χ0n) is 15.5. The van der Waals surface area contributed by atoms with Crippen LogP contribution in [-0.2, 0) is 27.2 Å². The maximum atomic E-state index is 12.4. The molecule has 0 amide bonds. The van der Waals surface area contributed by atoms with E-state index in [0.29, 0.717) is 0 Å². The van der Waals surface area contributed by atoms with Crippen LogP contribution in [0.2, 0.25) is 0 Å². The summed E-state index contributed by atoms with van der Waals surface area (Å²) in [5.74, 6) is -2.25. The number of carbonyl (C=O) groups excluding carboxylic acids is 3. The largest absolute Gasteiger partial charge is 0.321 e. The summed E-state index contributed by atoms with van der Waals surface area (Å²) < 4.78 is 0. The number of ketones is 3. The average molecular weight is 458 g/mol. The second-order valence-electron chi connectivity index (χ2n) is 6.52. The van der Waals surface area contributed by atoms with Gasteiger partial charge in [0, 0.05) is 0 Å². The highest BCUT2D eigenvalue weighted by atomic mass is 35.5. The van der Waals surface area contributed by atoms with Crippen molar-refractivity contribution in [1.29, 1.82) is 0 Å². The van der Waals surface area contributed by atoms with Gasteiger partial charge in [0.15, 0.2) is 28.1 Å². The molecule has 29 heavy (non-hydrogen) atoms. The Kier molecular flexibility index (Phi) is 10.5. The number of rotatable bonds is 10. The van der Waals surface area contributed by atoms with Gasteiger partial charge in [-0.1, -0.05) is 60.7 Å². The molecule has 0 aromatic heterocycles. The van der Waals surface area contributed by atoms with Crippen LogP contribution >= 0.6 is 35.6 Å². The summed E-state index contributed by atoms with van der Waals surface area (Å²) in [5.41, 5.74) is 13.4. The molecule has 0 aliphatic carbocycles. The van der Waals surface area contributed by atoms with Crippen LogP contribution in [0, 0.1) is 0 Å². The van der Waals surface area contributed by atoms with Gasteiger partial charge in [0.05, 0.1) is 12.1 Å². The Morgan fingerprint density at radius 2 is 0.966 bits per heavy atom. The van der Waals surface area contributed by atoms with Crippen LogP contribution in [0.25, 0.3) is 0 Å². The van der Waals surface area contributed by atoms with Gasteiger partial charge in [-0.15, -0.1) is 35.6 Å². The van der Waals surface area contributed by atoms with Crippen LogP contribution in [0.5, 0.6) is 0 Å². The van der Waals surface area contributed by atoms with Gasteiger partial charge in [-0.05, 0) is 24.0 Å². The summed E-state index contributed by atoms with van der Waals surface area (Å²) in [6.07, 6.45) is 0.454. The van der Waals surface area contributed by atoms with Gasteiger partial charge < -0.3 is 11.5 Å². The Balaban J connectivity index is 0.00000420. The summed E-state index contributed by atoms with van der Waals surface area (Å²) >= 11 is 12.0. The van der Waals surface area contributed by atoms with Gasteiger partial charge in [-0.25, -0.2) is 0 Å². The lowest BCUT2D eigenvalue weighted by Gasteiger charge is -2.18. The van der Waals surface area contributed by atoms with Crippen LogP contribution in [-0.4, -0.2) is 40.2 Å². The summed E-state index contributed by atoms with van der Waals surface area (Å²) in [5, 5.41) is -3.21. The molecular weight excluding hydrogens is 435 g/mol. The van der Waals surface area contributed by atoms with Crippen LogP contribution < -0.4 is 11.5 Å². The number of carbonyl (C=O) groups is 3. The first-order valence-electron chi connectivity index (χ1n) is 8.79. The molecule has 4 unspecified atom stereocenters. The number of benzene rings is 2. The minimum absolute atomic E-state index is 0. The molecule has 2 aromatic rings. The SMILES string of the molecule is Cl.NC(Cc1ccccc1)C(=O)C(Cl)C(=O)C(Cl)C(=O)C(N)Cc1ccccc1. The normalized spacial score (nSPS) is 14.8. The number of hydrogen-bond donors (Lipinski definition) is 2. The maximum absolute atomic E-state index is 12.4. The van der Waals surface area contributed by atoms with E-state index in [-0.39, 0.29) is 25.2 Å². The fourth-order valence-electron chi connectivity index (χ4n) is 2.72. The van der Waals surface area contributed by atoms with E-state index in [0.717, 1.165) is 11.1 Å². The van der Waals surface area contributed by atoms with Gasteiger partial charge in [-0.3, -0.25) is 14.4 Å². The van der Waals surface area contributed by atoms with E-state index in [1.165, 1.54) is 0 Å². The lowest BCUT2D eigenvalue weighted by atomic mass is 9.95. The average Bonchev–Trinajstić information content (AvgIpc) is 2.72. The molecule has 2 aromatic carbocycles. The third kappa shape index (κ3) is 7.21. The van der Waals surface area contributed by atoms with Crippen molar-refractivity contribution in [2.45, 2.75) is 35.7 Å². The lowest BCUT2D eigenvalue weighted by molar-refractivity contribution is -0.130. The molecule has 0 bridgehead atoms. The first-order valence-corrected chi connectivity index (χ1v) is 9.67. The van der Waals surface area contributed by atoms with Crippen LogP contribution in [0.3, 0.4) is 0 Å². The third-order valence-electron chi connectivity index (χ3n) is 4.33. The second kappa shape index (κ2) is 12.1. The Bertz CT molecular complexity index is 751. The van der Waals surface area contributed by atoms with E-state index in [9.17, 15) is 14.4 Å². The van der Waals surface area contributed by atoms with E-state index in [4.69, 9.17) is 34.7 Å². The summed E-state index contributed by atoms with van der Waals surface area (Å²) in [4.78, 5) is 37.2. The van der Waals surface area contributed by atoms with Gasteiger partial charge in [-0.2, -0.15) is 0 Å². The van der Waals surface area contributed by atoms with Crippen molar-refractivity contribution < 1.29 is 14.4 Å². The molecule has 8 heteroatoms. The fraction of sp³-hybridized carbons (Fsp3) is 0.286. The smallest absolute Gasteiger partial charge is 0.183 e. The molecule has 0 fully saturated rings. The standard InChI is InChI=1S/C21H22Cl2N2O3.ClH/c22-17(19(26)15(24)11-13-7-3-1-4-8-13)21(28)18(23)20(27)16(25)12-14-9-5-2-6-10-14;/h1-10,15-18H,11-12,24-25H2;1H. The van der Waals surface area contributed by atoms with Crippen molar-refractivity contribution in [3.05, 3.63) is 71.8 Å². The minimum Gasteiger partial charge on any atom is -0.321 e. The summed E-state index contributed by atoms with van der Waals surface area (Å²) in [6, 6.07) is 16.2. The molecule has 4 atom stereocenters. The predicted octanol–water partition coefficient (Wildman–Crippen LogP) is 2.47. The molecule has 0 saturated carbocycles. The molecule has 0 aliphatic rings. The number of hydrogen-bond acceptors (Lipinski definition) is 5. The highest BCUT2D eigenvalue weighted by Gasteiger charge is 2.37. The third-order valence-corrected chi connectivity index (χ3v) is 5.19. The van der Waals surface area contributed by atoms with E-state index in [1.807, 2.05) is 60.7 Å². The second-order valence-corrected chi connectivity index (χ2v) is 7.40. The Hall–Kier alpha value is -1.76. The van der Waals surface area contributed by atoms with Crippen molar-refractivity contribution in [2.24, 2.45) is 11.5 Å². The van der Waals surface area contributed by atoms with Crippen molar-refractivity contribution in [3.8, 4) is 0 Å². The van der Waals surface area contributed by atoms with E-state index < -0.39 is 40.2 Å². The molecular formula is C21H23Cl3N2O3. The van der Waals surface area contributed by atoms with Gasteiger partial charge in [0.2, 0.25) is 0 Å². The fourth-order valence-corrected chi connectivity index (χ4v) is 3.36. The predicted molar refractivity (Wildman–Crippen MR) is 118 cm³/mol. The number of alkyl halides is 2. The monoisotopic (exact) mass is 456 g/mol. The number of nitrogens with two attached hydrogens (primary N) is 2. The quantitative estimate of drug-likeness (QED) is 0.421. The molecule has 0 heterocycles. The highest BCUT2D eigenvalue weighted by Crippen LogP contribution is 2.15. The summed E-state index contributed by atoms with van der Waals surface area (Å²) in [7, 11) is 0. The summed E-state index contributed by atoms with van der Waals surface area (Å²) in [6.45, 7) is 0. The van der Waals surface area contributed by atoms with Crippen LogP contribution in [0.15, 0.2) is 60.7 Å². The van der Waals surface area contributed by atoms with Gasteiger partial charge >= 0.3 is 0 Å².